The van der Waals surface area contributed by atoms with Gasteiger partial charge in [0, 0.05) is 6.07 Å². The summed E-state index contributed by atoms with van der Waals surface area (Å²) < 4.78 is 0. The molecule has 3 aromatic rings. The van der Waals surface area contributed by atoms with E-state index in [2.05, 4.69) is 19.9 Å². The van der Waals surface area contributed by atoms with Gasteiger partial charge in [0.2, 0.25) is 5.95 Å². The molecule has 0 fully saturated rings. The van der Waals surface area contributed by atoms with Crippen molar-refractivity contribution >= 4 is 40.3 Å². The van der Waals surface area contributed by atoms with Gasteiger partial charge in [0.1, 0.15) is 10.2 Å². The Morgan fingerprint density at radius 2 is 2.00 bits per heavy atom. The Labute approximate surface area is 112 Å². The maximum absolute atomic E-state index is 5.82. The molecule has 0 radical (unpaired) electrons. The average Bonchev–Trinajstić information content (AvgIpc) is 2.69. The topological polar surface area (TPSA) is 80.5 Å². The van der Waals surface area contributed by atoms with Crippen molar-refractivity contribution in [1.29, 1.82) is 0 Å². The molecule has 0 spiro atoms. The quantitative estimate of drug-likeness (QED) is 0.704. The first kappa shape index (κ1) is 11.3. The second-order valence-electron chi connectivity index (χ2n) is 3.55. The third-order valence-electron chi connectivity index (χ3n) is 2.26. The highest BCUT2D eigenvalue weighted by molar-refractivity contribution is 7.99. The number of aromatic nitrogens is 4. The summed E-state index contributed by atoms with van der Waals surface area (Å²) in [5.41, 5.74) is 7.43. The summed E-state index contributed by atoms with van der Waals surface area (Å²) in [6.07, 6.45) is 0. The van der Waals surface area contributed by atoms with E-state index in [0.29, 0.717) is 10.2 Å². The number of halogens is 1. The summed E-state index contributed by atoms with van der Waals surface area (Å²) in [6.45, 7) is 0. The van der Waals surface area contributed by atoms with Gasteiger partial charge >= 0.3 is 0 Å². The summed E-state index contributed by atoms with van der Waals surface area (Å²) in [5, 5.41) is 1.72. The lowest BCUT2D eigenvalue weighted by molar-refractivity contribution is 1.03. The highest BCUT2D eigenvalue weighted by Gasteiger charge is 2.07. The molecule has 90 valence electrons. The molecule has 0 bridgehead atoms. The molecule has 0 amide bonds. The number of imidazole rings is 1. The lowest BCUT2D eigenvalue weighted by atomic mass is 10.3. The summed E-state index contributed by atoms with van der Waals surface area (Å²) in [5.74, 6) is 0.154. The number of hydrogen-bond acceptors (Lipinski definition) is 5. The number of hydrogen-bond donors (Lipinski definition) is 2. The first-order valence-corrected chi connectivity index (χ1v) is 6.33. The Morgan fingerprint density at radius 1 is 1.17 bits per heavy atom. The van der Waals surface area contributed by atoms with Crippen LogP contribution in [0, 0.1) is 0 Å². The number of aromatic amines is 1. The van der Waals surface area contributed by atoms with Crippen molar-refractivity contribution in [2.75, 3.05) is 5.73 Å². The van der Waals surface area contributed by atoms with Crippen molar-refractivity contribution in [2.45, 2.75) is 10.2 Å². The number of benzene rings is 1. The van der Waals surface area contributed by atoms with Gasteiger partial charge in [-0.25, -0.2) is 15.0 Å². The van der Waals surface area contributed by atoms with Crippen LogP contribution in [-0.2, 0) is 0 Å². The maximum atomic E-state index is 5.82. The van der Waals surface area contributed by atoms with Crippen LogP contribution in [0.1, 0.15) is 0 Å². The predicted molar refractivity (Wildman–Crippen MR) is 71.7 cm³/mol. The largest absolute Gasteiger partial charge is 0.368 e. The zero-order valence-electron chi connectivity index (χ0n) is 9.09. The van der Waals surface area contributed by atoms with Crippen LogP contribution in [0.15, 0.2) is 40.5 Å². The van der Waals surface area contributed by atoms with Crippen LogP contribution in [0.2, 0.25) is 5.15 Å². The van der Waals surface area contributed by atoms with E-state index in [1.165, 1.54) is 11.8 Å². The van der Waals surface area contributed by atoms with Crippen molar-refractivity contribution in [3.8, 4) is 0 Å². The van der Waals surface area contributed by atoms with Crippen molar-refractivity contribution in [1.82, 2.24) is 19.9 Å². The molecule has 18 heavy (non-hydrogen) atoms. The van der Waals surface area contributed by atoms with Crippen molar-refractivity contribution in [3.63, 3.8) is 0 Å². The van der Waals surface area contributed by atoms with Gasteiger partial charge in [-0.05, 0) is 23.9 Å². The van der Waals surface area contributed by atoms with Gasteiger partial charge in [0.05, 0.1) is 11.0 Å². The monoisotopic (exact) mass is 277 g/mol. The Balaban J connectivity index is 1.96. The molecular weight excluding hydrogens is 270 g/mol. The third-order valence-corrected chi connectivity index (χ3v) is 3.26. The highest BCUT2D eigenvalue weighted by atomic mass is 35.5. The van der Waals surface area contributed by atoms with Gasteiger partial charge in [-0.2, -0.15) is 0 Å². The molecule has 5 nitrogen and oxygen atoms in total. The normalized spacial score (nSPS) is 10.9. The standard InChI is InChI=1S/C11H8ClN5S/c12-8-5-9(17-10(13)16-8)18-11-14-6-3-1-2-4-7(6)15-11/h1-5H,(H,14,15)(H2,13,16,17). The minimum atomic E-state index is 0.154. The first-order valence-electron chi connectivity index (χ1n) is 5.13. The van der Waals surface area contributed by atoms with Crippen molar-refractivity contribution in [3.05, 3.63) is 35.5 Å². The zero-order chi connectivity index (χ0) is 12.5. The number of nitrogens with two attached hydrogens (primary N) is 1. The van der Waals surface area contributed by atoms with Gasteiger partial charge < -0.3 is 10.7 Å². The molecule has 0 aliphatic carbocycles. The van der Waals surface area contributed by atoms with E-state index in [0.717, 1.165) is 16.2 Å². The molecular formula is C11H8ClN5S. The van der Waals surface area contributed by atoms with Crippen LogP contribution in [-0.4, -0.2) is 19.9 Å². The SMILES string of the molecule is Nc1nc(Cl)cc(Sc2nc3ccccc3[nH]2)n1. The Bertz CT molecular complexity index is 658. The maximum Gasteiger partial charge on any atom is 0.222 e. The van der Waals surface area contributed by atoms with Gasteiger partial charge in [-0.15, -0.1) is 0 Å². The number of fused-ring (bicyclic) bond motifs is 1. The van der Waals surface area contributed by atoms with Gasteiger partial charge in [-0.1, -0.05) is 23.7 Å². The number of nitrogens with zero attached hydrogens (tertiary/aromatic N) is 3. The first-order chi connectivity index (χ1) is 8.70. The second kappa shape index (κ2) is 4.47. The Hall–Kier alpha value is -1.79. The third kappa shape index (κ3) is 2.25. The fourth-order valence-electron chi connectivity index (χ4n) is 1.54. The molecule has 3 N–H and O–H groups in total. The molecule has 0 saturated carbocycles. The fourth-order valence-corrected chi connectivity index (χ4v) is 2.61. The molecule has 2 heterocycles. The Kier molecular flexibility index (Phi) is 2.81. The fraction of sp³-hybridized carbons (Fsp3) is 0. The van der Waals surface area contributed by atoms with Gasteiger partial charge in [-0.3, -0.25) is 0 Å². The molecule has 0 aliphatic heterocycles. The minimum Gasteiger partial charge on any atom is -0.368 e. The van der Waals surface area contributed by atoms with Crippen LogP contribution >= 0.6 is 23.4 Å². The van der Waals surface area contributed by atoms with E-state index in [9.17, 15) is 0 Å². The lowest BCUT2D eigenvalue weighted by Gasteiger charge is -1.98. The number of anilines is 1. The summed E-state index contributed by atoms with van der Waals surface area (Å²) in [4.78, 5) is 15.5. The van der Waals surface area contributed by atoms with Gasteiger partial charge in [0.25, 0.3) is 0 Å². The average molecular weight is 278 g/mol. The number of para-hydroxylation sites is 2. The smallest absolute Gasteiger partial charge is 0.222 e. The molecule has 0 aliphatic rings. The minimum absolute atomic E-state index is 0.154. The van der Waals surface area contributed by atoms with Gasteiger partial charge in [0.15, 0.2) is 5.16 Å². The molecule has 0 unspecified atom stereocenters. The molecule has 1 aromatic carbocycles. The van der Waals surface area contributed by atoms with Crippen molar-refractivity contribution < 1.29 is 0 Å². The van der Waals surface area contributed by atoms with Crippen LogP contribution in [0.3, 0.4) is 0 Å². The molecule has 2 aromatic heterocycles. The molecule has 7 heteroatoms. The number of rotatable bonds is 2. The summed E-state index contributed by atoms with van der Waals surface area (Å²) in [6, 6.07) is 9.45. The molecule has 0 atom stereocenters. The van der Waals surface area contributed by atoms with E-state index in [1.54, 1.807) is 6.07 Å². The van der Waals surface area contributed by atoms with E-state index in [1.807, 2.05) is 24.3 Å². The van der Waals surface area contributed by atoms with Crippen LogP contribution < -0.4 is 5.73 Å². The highest BCUT2D eigenvalue weighted by Crippen LogP contribution is 2.27. The van der Waals surface area contributed by atoms with Crippen LogP contribution in [0.25, 0.3) is 11.0 Å². The van der Waals surface area contributed by atoms with E-state index >= 15 is 0 Å². The Morgan fingerprint density at radius 3 is 2.78 bits per heavy atom. The summed E-state index contributed by atoms with van der Waals surface area (Å²) >= 11 is 7.18. The van der Waals surface area contributed by atoms with E-state index < -0.39 is 0 Å². The van der Waals surface area contributed by atoms with E-state index in [-0.39, 0.29) is 5.95 Å². The number of nitrogens with one attached hydrogen (secondary N) is 1. The molecule has 0 saturated heterocycles. The predicted octanol–water partition coefficient (Wildman–Crippen LogP) is 2.74. The van der Waals surface area contributed by atoms with Crippen LogP contribution in [0.4, 0.5) is 5.95 Å². The number of nitrogen functional groups attached to an aromatic ring is 1. The second-order valence-corrected chi connectivity index (χ2v) is 4.94. The number of H-pyrrole nitrogens is 1. The lowest BCUT2D eigenvalue weighted by Crippen LogP contribution is -1.95. The molecule has 3 rings (SSSR count). The van der Waals surface area contributed by atoms with Crippen molar-refractivity contribution in [2.24, 2.45) is 0 Å². The van der Waals surface area contributed by atoms with Crippen LogP contribution in [0.5, 0.6) is 0 Å². The van der Waals surface area contributed by atoms with E-state index in [4.69, 9.17) is 17.3 Å². The summed E-state index contributed by atoms with van der Waals surface area (Å²) in [7, 11) is 0. The zero-order valence-corrected chi connectivity index (χ0v) is 10.7.